The van der Waals surface area contributed by atoms with Crippen LogP contribution < -0.4 is 10.1 Å². The van der Waals surface area contributed by atoms with Gasteiger partial charge in [-0.3, -0.25) is 4.79 Å². The van der Waals surface area contributed by atoms with E-state index in [0.29, 0.717) is 17.3 Å². The van der Waals surface area contributed by atoms with Gasteiger partial charge in [-0.25, -0.2) is 0 Å². The van der Waals surface area contributed by atoms with E-state index in [1.54, 1.807) is 0 Å². The van der Waals surface area contributed by atoms with E-state index < -0.39 is 0 Å². The summed E-state index contributed by atoms with van der Waals surface area (Å²) in [5.74, 6) is 1.58. The van der Waals surface area contributed by atoms with E-state index in [9.17, 15) is 4.79 Å². The molecule has 152 valence electrons. The van der Waals surface area contributed by atoms with Crippen molar-refractivity contribution in [3.05, 3.63) is 93.7 Å². The zero-order valence-electron chi connectivity index (χ0n) is 17.1. The molecule has 30 heavy (non-hydrogen) atoms. The van der Waals surface area contributed by atoms with Crippen LogP contribution in [0.3, 0.4) is 0 Å². The number of benzene rings is 3. The number of hydrogen-bond donors (Lipinski definition) is 1. The van der Waals surface area contributed by atoms with Gasteiger partial charge in [-0.15, -0.1) is 0 Å². The quantitative estimate of drug-likeness (QED) is 0.390. The van der Waals surface area contributed by atoms with E-state index in [1.807, 2.05) is 81.4 Å². The highest BCUT2D eigenvalue weighted by molar-refractivity contribution is 6.31. The first-order valence-electron chi connectivity index (χ1n) is 9.71. The van der Waals surface area contributed by atoms with Crippen LogP contribution in [0.5, 0.6) is 11.5 Å². The number of hydrogen-bond acceptors (Lipinski definition) is 3. The average Bonchev–Trinajstić information content (AvgIpc) is 3.06. The first-order chi connectivity index (χ1) is 14.4. The molecule has 5 heteroatoms. The fourth-order valence-corrected chi connectivity index (χ4v) is 3.42. The van der Waals surface area contributed by atoms with Gasteiger partial charge in [0.15, 0.2) is 5.76 Å². The van der Waals surface area contributed by atoms with Crippen molar-refractivity contribution in [1.82, 2.24) is 5.32 Å². The maximum absolute atomic E-state index is 12.6. The number of carbonyl (C=O) groups excluding carboxylic acids is 1. The lowest BCUT2D eigenvalue weighted by atomic mass is 10.1. The first-order valence-corrected chi connectivity index (χ1v) is 10.1. The molecule has 4 rings (SSSR count). The number of carbonyl (C=O) groups is 1. The molecule has 1 amide bonds. The van der Waals surface area contributed by atoms with Crippen molar-refractivity contribution in [2.45, 2.75) is 27.3 Å². The van der Waals surface area contributed by atoms with E-state index in [-0.39, 0.29) is 5.91 Å². The summed E-state index contributed by atoms with van der Waals surface area (Å²) < 4.78 is 11.7. The molecule has 4 nitrogen and oxygen atoms in total. The SMILES string of the molecule is Cc1ccc2c(C)c(C(=O)NCc3ccc(Oc4ccc(Cl)c(C)c4)cc3)oc2c1. The molecule has 0 aliphatic rings. The Morgan fingerprint density at radius 1 is 0.967 bits per heavy atom. The van der Waals surface area contributed by atoms with Gasteiger partial charge in [-0.1, -0.05) is 35.9 Å². The lowest BCUT2D eigenvalue weighted by Crippen LogP contribution is -2.22. The molecule has 0 spiro atoms. The maximum Gasteiger partial charge on any atom is 0.287 e. The average molecular weight is 420 g/mol. The summed E-state index contributed by atoms with van der Waals surface area (Å²) in [5, 5.41) is 4.60. The highest BCUT2D eigenvalue weighted by atomic mass is 35.5. The summed E-state index contributed by atoms with van der Waals surface area (Å²) in [6, 6.07) is 19.1. The van der Waals surface area contributed by atoms with Crippen LogP contribution in [0.15, 0.2) is 65.1 Å². The van der Waals surface area contributed by atoms with E-state index in [0.717, 1.165) is 44.7 Å². The standard InChI is InChI=1S/C25H22ClNO3/c1-15-4-10-21-17(3)24(30-23(21)12-15)25(28)27-14-18-5-7-19(8-6-18)29-20-9-11-22(26)16(2)13-20/h4-13H,14H2,1-3H3,(H,27,28). The van der Waals surface area contributed by atoms with Crippen molar-refractivity contribution < 1.29 is 13.9 Å². The lowest BCUT2D eigenvalue weighted by molar-refractivity contribution is 0.0924. The molecule has 0 fully saturated rings. The Morgan fingerprint density at radius 2 is 1.70 bits per heavy atom. The Bertz CT molecular complexity index is 1230. The second-order valence-corrected chi connectivity index (χ2v) is 7.80. The van der Waals surface area contributed by atoms with E-state index in [4.69, 9.17) is 20.8 Å². The van der Waals surface area contributed by atoms with Crippen LogP contribution >= 0.6 is 11.6 Å². The third-order valence-electron chi connectivity index (χ3n) is 5.04. The van der Waals surface area contributed by atoms with Gasteiger partial charge >= 0.3 is 0 Å². The molecule has 0 aliphatic heterocycles. The number of nitrogens with one attached hydrogen (secondary N) is 1. The second-order valence-electron chi connectivity index (χ2n) is 7.40. The largest absolute Gasteiger partial charge is 0.457 e. The van der Waals surface area contributed by atoms with Gasteiger partial charge in [0.05, 0.1) is 0 Å². The monoisotopic (exact) mass is 419 g/mol. The third kappa shape index (κ3) is 4.19. The Morgan fingerprint density at radius 3 is 2.43 bits per heavy atom. The molecule has 1 aromatic heterocycles. The van der Waals surface area contributed by atoms with Crippen LogP contribution in [0.4, 0.5) is 0 Å². The van der Waals surface area contributed by atoms with Gasteiger partial charge in [0, 0.05) is 22.5 Å². The Hall–Kier alpha value is -3.24. The van der Waals surface area contributed by atoms with Gasteiger partial charge in [-0.05, 0) is 73.9 Å². The van der Waals surface area contributed by atoms with Crippen LogP contribution in [-0.2, 0) is 6.54 Å². The predicted octanol–water partition coefficient (Wildman–Crippen LogP) is 6.73. The number of halogens is 1. The number of furan rings is 1. The molecule has 4 aromatic rings. The number of amides is 1. The molecule has 0 atom stereocenters. The van der Waals surface area contributed by atoms with Crippen molar-refractivity contribution in [2.24, 2.45) is 0 Å². The fourth-order valence-electron chi connectivity index (χ4n) is 3.30. The Balaban J connectivity index is 1.41. The lowest BCUT2D eigenvalue weighted by Gasteiger charge is -2.09. The fraction of sp³-hybridized carbons (Fsp3) is 0.160. The summed E-state index contributed by atoms with van der Waals surface area (Å²) in [4.78, 5) is 12.6. The van der Waals surface area contributed by atoms with E-state index in [1.165, 1.54) is 0 Å². The third-order valence-corrected chi connectivity index (χ3v) is 5.47. The van der Waals surface area contributed by atoms with Gasteiger partial charge in [0.1, 0.15) is 17.1 Å². The normalized spacial score (nSPS) is 10.9. The molecular weight excluding hydrogens is 398 g/mol. The molecule has 1 N–H and O–H groups in total. The van der Waals surface area contributed by atoms with Gasteiger partial charge in [0.25, 0.3) is 5.91 Å². The molecule has 3 aromatic carbocycles. The van der Waals surface area contributed by atoms with Crippen LogP contribution in [-0.4, -0.2) is 5.91 Å². The van der Waals surface area contributed by atoms with Gasteiger partial charge < -0.3 is 14.5 Å². The number of aryl methyl sites for hydroxylation is 3. The summed E-state index contributed by atoms with van der Waals surface area (Å²) in [6.07, 6.45) is 0. The summed E-state index contributed by atoms with van der Waals surface area (Å²) in [7, 11) is 0. The minimum absolute atomic E-state index is 0.224. The van der Waals surface area contributed by atoms with Crippen LogP contribution in [0.25, 0.3) is 11.0 Å². The van der Waals surface area contributed by atoms with Crippen molar-refractivity contribution in [3.63, 3.8) is 0 Å². The highest BCUT2D eigenvalue weighted by Crippen LogP contribution is 2.27. The minimum atomic E-state index is -0.224. The highest BCUT2D eigenvalue weighted by Gasteiger charge is 2.17. The van der Waals surface area contributed by atoms with E-state index >= 15 is 0 Å². The number of ether oxygens (including phenoxy) is 1. The minimum Gasteiger partial charge on any atom is -0.457 e. The Kier molecular flexibility index (Phi) is 5.51. The van der Waals surface area contributed by atoms with Crippen molar-refractivity contribution in [2.75, 3.05) is 0 Å². The molecule has 0 saturated heterocycles. The zero-order chi connectivity index (χ0) is 21.3. The molecule has 1 heterocycles. The van der Waals surface area contributed by atoms with Crippen molar-refractivity contribution in [1.29, 1.82) is 0 Å². The van der Waals surface area contributed by atoms with Gasteiger partial charge in [0.2, 0.25) is 0 Å². The maximum atomic E-state index is 12.6. The van der Waals surface area contributed by atoms with Crippen LogP contribution in [0, 0.1) is 20.8 Å². The predicted molar refractivity (Wildman–Crippen MR) is 120 cm³/mol. The van der Waals surface area contributed by atoms with Gasteiger partial charge in [-0.2, -0.15) is 0 Å². The Labute approximate surface area is 180 Å². The van der Waals surface area contributed by atoms with Crippen LogP contribution in [0.1, 0.15) is 32.8 Å². The van der Waals surface area contributed by atoms with Crippen molar-refractivity contribution in [3.8, 4) is 11.5 Å². The number of fused-ring (bicyclic) bond motifs is 1. The molecule has 0 radical (unpaired) electrons. The topological polar surface area (TPSA) is 51.5 Å². The molecule has 0 aliphatic carbocycles. The van der Waals surface area contributed by atoms with Crippen molar-refractivity contribution >= 4 is 28.5 Å². The first kappa shape index (κ1) is 20.0. The molecular formula is C25H22ClNO3. The van der Waals surface area contributed by atoms with Crippen LogP contribution in [0.2, 0.25) is 5.02 Å². The summed E-state index contributed by atoms with van der Waals surface area (Å²) >= 11 is 6.05. The number of rotatable bonds is 5. The van der Waals surface area contributed by atoms with E-state index in [2.05, 4.69) is 5.32 Å². The second kappa shape index (κ2) is 8.25. The molecule has 0 saturated carbocycles. The molecule has 0 bridgehead atoms. The summed E-state index contributed by atoms with van der Waals surface area (Å²) in [6.45, 7) is 6.24. The zero-order valence-corrected chi connectivity index (χ0v) is 17.8. The summed E-state index contributed by atoms with van der Waals surface area (Å²) in [5.41, 5.74) is 4.61. The molecule has 0 unspecified atom stereocenters. The smallest absolute Gasteiger partial charge is 0.287 e.